The Morgan fingerprint density at radius 2 is 1.74 bits per heavy atom. The zero-order chi connectivity index (χ0) is 28.0. The Hall–Kier alpha value is -2.43. The highest BCUT2D eigenvalue weighted by atomic mass is 79.9. The molecule has 0 spiro atoms. The molecule has 3 rings (SSSR count). The molecule has 1 unspecified atom stereocenters. The van der Waals surface area contributed by atoms with Crippen LogP contribution in [-0.2, 0) is 26.3 Å². The van der Waals surface area contributed by atoms with Crippen molar-refractivity contribution in [2.24, 2.45) is 0 Å². The van der Waals surface area contributed by atoms with E-state index in [9.17, 15) is 18.0 Å². The van der Waals surface area contributed by atoms with Crippen LogP contribution in [0.1, 0.15) is 55.7 Å². The first-order chi connectivity index (χ1) is 17.9. The molecule has 0 saturated heterocycles. The maximum absolute atomic E-state index is 13.9. The van der Waals surface area contributed by atoms with Gasteiger partial charge in [0, 0.05) is 31.2 Å². The summed E-state index contributed by atoms with van der Waals surface area (Å²) in [6.45, 7) is 5.14. The smallest absolute Gasteiger partial charge is 0.304 e. The maximum Gasteiger partial charge on any atom is 0.304 e. The third-order valence-corrected chi connectivity index (χ3v) is 9.31. The summed E-state index contributed by atoms with van der Waals surface area (Å²) in [7, 11) is -1.11. The van der Waals surface area contributed by atoms with Crippen molar-refractivity contribution in [2.75, 3.05) is 24.9 Å². The third-order valence-electron chi connectivity index (χ3n) is 7.01. The molecule has 0 aromatic heterocycles. The zero-order valence-electron chi connectivity index (χ0n) is 22.9. The number of amides is 2. The van der Waals surface area contributed by atoms with E-state index in [0.717, 1.165) is 55.5 Å². The summed E-state index contributed by atoms with van der Waals surface area (Å²) in [5.41, 5.74) is 2.88. The molecular weight excluding hydrogens is 568 g/mol. The van der Waals surface area contributed by atoms with E-state index in [0.29, 0.717) is 5.69 Å². The molecule has 1 fully saturated rings. The summed E-state index contributed by atoms with van der Waals surface area (Å²) in [6.07, 6.45) is 5.18. The predicted molar refractivity (Wildman–Crippen MR) is 155 cm³/mol. The second-order valence-electron chi connectivity index (χ2n) is 10.3. The minimum Gasteiger partial charge on any atom is -0.352 e. The highest BCUT2D eigenvalue weighted by Crippen LogP contribution is 2.26. The zero-order valence-corrected chi connectivity index (χ0v) is 25.3. The number of halogens is 1. The summed E-state index contributed by atoms with van der Waals surface area (Å²) in [5.74, 6) is -0.684. The number of anilines is 1. The minimum absolute atomic E-state index is 0.0992. The average Bonchev–Trinajstić information content (AvgIpc) is 2.87. The molecule has 208 valence electrons. The fraction of sp³-hybridized carbons (Fsp3) is 0.500. The first-order valence-electron chi connectivity index (χ1n) is 13.0. The van der Waals surface area contributed by atoms with Crippen LogP contribution >= 0.6 is 15.9 Å². The number of carbonyl (C=O) groups excluding carboxylic acids is 2. The van der Waals surface area contributed by atoms with E-state index in [1.807, 2.05) is 50.2 Å². The quantitative estimate of drug-likeness (QED) is 0.430. The molecule has 2 aromatic carbocycles. The molecule has 0 radical (unpaired) electrons. The van der Waals surface area contributed by atoms with Crippen LogP contribution in [0.25, 0.3) is 0 Å². The molecule has 2 aromatic rings. The number of benzene rings is 2. The number of hydrogen-bond donors (Lipinski definition) is 1. The number of carbonyl (C=O) groups is 2. The molecule has 1 aliphatic carbocycles. The summed E-state index contributed by atoms with van der Waals surface area (Å²) in [4.78, 5) is 28.7. The van der Waals surface area contributed by atoms with Gasteiger partial charge in [-0.2, -0.15) is 12.7 Å². The van der Waals surface area contributed by atoms with Crippen LogP contribution in [0.15, 0.2) is 46.9 Å². The van der Waals surface area contributed by atoms with Gasteiger partial charge >= 0.3 is 10.2 Å². The van der Waals surface area contributed by atoms with Crippen LogP contribution < -0.4 is 9.62 Å². The van der Waals surface area contributed by atoms with E-state index in [4.69, 9.17) is 0 Å². The lowest BCUT2D eigenvalue weighted by molar-refractivity contribution is -0.139. The molecule has 1 aliphatic rings. The molecule has 8 nitrogen and oxygen atoms in total. The van der Waals surface area contributed by atoms with Crippen LogP contribution in [0.2, 0.25) is 0 Å². The van der Waals surface area contributed by atoms with E-state index in [2.05, 4.69) is 21.2 Å². The number of rotatable bonds is 10. The Balaban J connectivity index is 1.95. The maximum atomic E-state index is 13.9. The van der Waals surface area contributed by atoms with E-state index in [1.54, 1.807) is 13.0 Å². The van der Waals surface area contributed by atoms with Gasteiger partial charge in [-0.05, 0) is 68.5 Å². The Labute approximate surface area is 235 Å². The van der Waals surface area contributed by atoms with Crippen molar-refractivity contribution < 1.29 is 18.0 Å². The van der Waals surface area contributed by atoms with E-state index >= 15 is 0 Å². The lowest BCUT2D eigenvalue weighted by Crippen LogP contribution is -2.53. The topological polar surface area (TPSA) is 90.0 Å². The average molecular weight is 608 g/mol. The molecular formula is C28H39BrN4O4S. The monoisotopic (exact) mass is 606 g/mol. The lowest BCUT2D eigenvalue weighted by atomic mass is 9.95. The highest BCUT2D eigenvalue weighted by Gasteiger charge is 2.34. The van der Waals surface area contributed by atoms with Gasteiger partial charge in [-0.3, -0.25) is 9.59 Å². The van der Waals surface area contributed by atoms with Crippen molar-refractivity contribution in [2.45, 2.75) is 71.5 Å². The Kier molecular flexibility index (Phi) is 10.4. The number of aryl methyl sites for hydroxylation is 2. The van der Waals surface area contributed by atoms with Gasteiger partial charge in [0.25, 0.3) is 0 Å². The molecule has 10 heteroatoms. The minimum atomic E-state index is -4.00. The van der Waals surface area contributed by atoms with Crippen molar-refractivity contribution in [1.82, 2.24) is 14.5 Å². The molecule has 1 saturated carbocycles. The van der Waals surface area contributed by atoms with Crippen LogP contribution in [0.5, 0.6) is 0 Å². The van der Waals surface area contributed by atoms with Crippen molar-refractivity contribution >= 4 is 43.6 Å². The van der Waals surface area contributed by atoms with Gasteiger partial charge in [0.1, 0.15) is 12.6 Å². The van der Waals surface area contributed by atoms with Crippen molar-refractivity contribution in [3.63, 3.8) is 0 Å². The van der Waals surface area contributed by atoms with Crippen molar-refractivity contribution in [3.05, 3.63) is 63.6 Å². The lowest BCUT2D eigenvalue weighted by Gasteiger charge is -2.34. The van der Waals surface area contributed by atoms with E-state index in [-0.39, 0.29) is 18.5 Å². The van der Waals surface area contributed by atoms with Crippen LogP contribution in [0.3, 0.4) is 0 Å². The standard InChI is InChI=1S/C28H39BrN4O4S/c1-20-14-15-21(2)26(16-20)33(38(36,37)31(4)5)19-27(34)32(18-23-10-9-11-24(29)17-23)22(3)28(35)30-25-12-7-6-8-13-25/h9-11,14-17,22,25H,6-8,12-13,18-19H2,1-5H3,(H,30,35). The molecule has 2 amide bonds. The van der Waals surface area contributed by atoms with Gasteiger partial charge in [0.05, 0.1) is 5.69 Å². The van der Waals surface area contributed by atoms with Gasteiger partial charge in [-0.25, -0.2) is 4.31 Å². The largest absolute Gasteiger partial charge is 0.352 e. The molecule has 0 bridgehead atoms. The summed E-state index contributed by atoms with van der Waals surface area (Å²) in [5, 5.41) is 3.12. The predicted octanol–water partition coefficient (Wildman–Crippen LogP) is 4.54. The second-order valence-corrected chi connectivity index (χ2v) is 13.2. The summed E-state index contributed by atoms with van der Waals surface area (Å²) in [6, 6.07) is 12.4. The van der Waals surface area contributed by atoms with Crippen LogP contribution in [0.4, 0.5) is 5.69 Å². The second kappa shape index (κ2) is 13.1. The first-order valence-corrected chi connectivity index (χ1v) is 15.2. The van der Waals surface area contributed by atoms with Crippen molar-refractivity contribution in [1.29, 1.82) is 0 Å². The molecule has 0 aliphatic heterocycles. The fourth-order valence-corrected chi connectivity index (χ4v) is 6.23. The van der Waals surface area contributed by atoms with Crippen LogP contribution in [-0.4, -0.2) is 62.2 Å². The summed E-state index contributed by atoms with van der Waals surface area (Å²) >= 11 is 3.47. The fourth-order valence-electron chi connectivity index (χ4n) is 4.67. The normalized spacial score (nSPS) is 15.2. The number of nitrogens with one attached hydrogen (secondary N) is 1. The molecule has 1 N–H and O–H groups in total. The first kappa shape index (κ1) is 30.1. The van der Waals surface area contributed by atoms with E-state index in [1.165, 1.54) is 25.4 Å². The number of hydrogen-bond acceptors (Lipinski definition) is 4. The van der Waals surface area contributed by atoms with Gasteiger partial charge in [-0.1, -0.05) is 59.5 Å². The molecule has 1 atom stereocenters. The molecule has 38 heavy (non-hydrogen) atoms. The third kappa shape index (κ3) is 7.57. The van der Waals surface area contributed by atoms with Crippen molar-refractivity contribution in [3.8, 4) is 0 Å². The van der Waals surface area contributed by atoms with Gasteiger partial charge in [-0.15, -0.1) is 0 Å². The highest BCUT2D eigenvalue weighted by molar-refractivity contribution is 9.10. The Bertz CT molecular complexity index is 1250. The molecule has 0 heterocycles. The van der Waals surface area contributed by atoms with Gasteiger partial charge < -0.3 is 10.2 Å². The van der Waals surface area contributed by atoms with Crippen LogP contribution in [0, 0.1) is 13.8 Å². The SMILES string of the molecule is Cc1ccc(C)c(N(CC(=O)N(Cc2cccc(Br)c2)C(C)C(=O)NC2CCCCC2)S(=O)(=O)N(C)C)c1. The summed E-state index contributed by atoms with van der Waals surface area (Å²) < 4.78 is 29.9. The Morgan fingerprint density at radius 1 is 1.05 bits per heavy atom. The number of nitrogens with zero attached hydrogens (tertiary/aromatic N) is 3. The Morgan fingerprint density at radius 3 is 2.37 bits per heavy atom. The van der Waals surface area contributed by atoms with E-state index < -0.39 is 28.7 Å². The van der Waals surface area contributed by atoms with Gasteiger partial charge in [0.2, 0.25) is 11.8 Å². The van der Waals surface area contributed by atoms with Gasteiger partial charge in [0.15, 0.2) is 0 Å².